The van der Waals surface area contributed by atoms with E-state index in [0.29, 0.717) is 5.03 Å². The van der Waals surface area contributed by atoms with E-state index in [1.807, 2.05) is 26.8 Å². The molecule has 0 atom stereocenters. The molecule has 0 unspecified atom stereocenters. The second-order valence-electron chi connectivity index (χ2n) is 4.56. The van der Waals surface area contributed by atoms with E-state index in [1.165, 1.54) is 11.8 Å². The normalized spacial score (nSPS) is 10.9. The molecule has 2 heterocycles. The van der Waals surface area contributed by atoms with E-state index < -0.39 is 5.97 Å². The molecule has 0 saturated heterocycles. The van der Waals surface area contributed by atoms with Crippen LogP contribution in [0.25, 0.3) is 0 Å². The maximum atomic E-state index is 11.5. The second-order valence-corrected chi connectivity index (χ2v) is 5.53. The van der Waals surface area contributed by atoms with Crippen LogP contribution in [-0.4, -0.2) is 32.7 Å². The van der Waals surface area contributed by atoms with Gasteiger partial charge < -0.3 is 9.15 Å². The summed E-state index contributed by atoms with van der Waals surface area (Å²) in [6.07, 6.45) is 0. The lowest BCUT2D eigenvalue weighted by atomic mass is 10.2. The molecular formula is C13H16N4O3S. The summed E-state index contributed by atoms with van der Waals surface area (Å²) in [7, 11) is 0. The summed E-state index contributed by atoms with van der Waals surface area (Å²) in [4.78, 5) is 20.2. The molecule has 8 heteroatoms. The van der Waals surface area contributed by atoms with Crippen molar-refractivity contribution < 1.29 is 13.9 Å². The van der Waals surface area contributed by atoms with E-state index >= 15 is 0 Å². The van der Waals surface area contributed by atoms with Crippen molar-refractivity contribution >= 4 is 17.7 Å². The van der Waals surface area contributed by atoms with Gasteiger partial charge in [0.1, 0.15) is 10.9 Å². The first-order chi connectivity index (χ1) is 9.99. The third kappa shape index (κ3) is 4.01. The number of hydrogen-bond acceptors (Lipinski definition) is 8. The van der Waals surface area contributed by atoms with Crippen LogP contribution >= 0.6 is 11.8 Å². The van der Waals surface area contributed by atoms with Crippen LogP contribution in [-0.2, 0) is 4.74 Å². The fraction of sp³-hybridized carbons (Fsp3) is 0.462. The van der Waals surface area contributed by atoms with Crippen LogP contribution < -0.4 is 0 Å². The lowest BCUT2D eigenvalue weighted by Crippen LogP contribution is -2.04. The van der Waals surface area contributed by atoms with Crippen LogP contribution in [0.2, 0.25) is 0 Å². The summed E-state index contributed by atoms with van der Waals surface area (Å²) in [6.45, 7) is 7.91. The highest BCUT2D eigenvalue weighted by molar-refractivity contribution is 7.99. The molecule has 0 amide bonds. The van der Waals surface area contributed by atoms with Crippen molar-refractivity contribution in [2.75, 3.05) is 6.61 Å². The number of hydrogen-bond donors (Lipinski definition) is 0. The summed E-state index contributed by atoms with van der Waals surface area (Å²) in [5, 5.41) is 8.40. The number of aromatic nitrogens is 4. The molecule has 2 aromatic heterocycles. The van der Waals surface area contributed by atoms with Crippen LogP contribution in [0.5, 0.6) is 0 Å². The van der Waals surface area contributed by atoms with Crippen molar-refractivity contribution in [2.24, 2.45) is 0 Å². The number of esters is 1. The summed E-state index contributed by atoms with van der Waals surface area (Å²) in [5.74, 6) is 0.192. The van der Waals surface area contributed by atoms with Gasteiger partial charge in [-0.2, -0.15) is 0 Å². The zero-order valence-electron chi connectivity index (χ0n) is 12.3. The van der Waals surface area contributed by atoms with Crippen LogP contribution in [0.15, 0.2) is 20.7 Å². The van der Waals surface area contributed by atoms with Gasteiger partial charge in [-0.1, -0.05) is 18.9 Å². The first-order valence-corrected chi connectivity index (χ1v) is 7.35. The SMILES string of the molecule is CCOC(=O)c1nnc(Sc2cc(C)nc(C(C)C)n2)o1. The second kappa shape index (κ2) is 6.66. The van der Waals surface area contributed by atoms with E-state index in [0.717, 1.165) is 11.5 Å². The Morgan fingerprint density at radius 3 is 2.81 bits per heavy atom. The van der Waals surface area contributed by atoms with Gasteiger partial charge in [0.2, 0.25) is 0 Å². The monoisotopic (exact) mass is 308 g/mol. The Balaban J connectivity index is 2.17. The number of aryl methyl sites for hydroxylation is 1. The molecule has 0 aliphatic carbocycles. The molecule has 0 spiro atoms. The highest BCUT2D eigenvalue weighted by Crippen LogP contribution is 2.26. The molecule has 7 nitrogen and oxygen atoms in total. The van der Waals surface area contributed by atoms with Gasteiger partial charge in [-0.25, -0.2) is 14.8 Å². The average Bonchev–Trinajstić information content (AvgIpc) is 2.87. The van der Waals surface area contributed by atoms with Crippen molar-refractivity contribution in [2.45, 2.75) is 43.9 Å². The van der Waals surface area contributed by atoms with E-state index in [4.69, 9.17) is 9.15 Å². The molecule has 0 radical (unpaired) electrons. The molecule has 0 fully saturated rings. The van der Waals surface area contributed by atoms with E-state index in [1.54, 1.807) is 6.92 Å². The van der Waals surface area contributed by atoms with Crippen molar-refractivity contribution in [3.05, 3.63) is 23.5 Å². The first kappa shape index (κ1) is 15.4. The van der Waals surface area contributed by atoms with Gasteiger partial charge in [-0.15, -0.1) is 5.10 Å². The summed E-state index contributed by atoms with van der Waals surface area (Å²) < 4.78 is 10.0. The zero-order valence-corrected chi connectivity index (χ0v) is 13.1. The molecular weight excluding hydrogens is 292 g/mol. The molecule has 2 aromatic rings. The molecule has 21 heavy (non-hydrogen) atoms. The Morgan fingerprint density at radius 1 is 1.38 bits per heavy atom. The topological polar surface area (TPSA) is 91.0 Å². The van der Waals surface area contributed by atoms with E-state index in [-0.39, 0.29) is 23.6 Å². The van der Waals surface area contributed by atoms with Crippen molar-refractivity contribution in [1.82, 2.24) is 20.2 Å². The van der Waals surface area contributed by atoms with Crippen LogP contribution in [0, 0.1) is 6.92 Å². The average molecular weight is 308 g/mol. The standard InChI is InChI=1S/C13H16N4O3S/c1-5-19-12(18)11-16-17-13(20-11)21-9-6-8(4)14-10(15-9)7(2)3/h6-7H,5H2,1-4H3. The highest BCUT2D eigenvalue weighted by Gasteiger charge is 2.17. The molecule has 0 aliphatic heterocycles. The van der Waals surface area contributed by atoms with Crippen LogP contribution in [0.4, 0.5) is 0 Å². The van der Waals surface area contributed by atoms with Crippen molar-refractivity contribution in [3.63, 3.8) is 0 Å². The van der Waals surface area contributed by atoms with Crippen LogP contribution in [0.3, 0.4) is 0 Å². The summed E-state index contributed by atoms with van der Waals surface area (Å²) >= 11 is 1.19. The van der Waals surface area contributed by atoms with Crippen molar-refractivity contribution in [1.29, 1.82) is 0 Å². The molecule has 2 rings (SSSR count). The van der Waals surface area contributed by atoms with Gasteiger partial charge in [-0.3, -0.25) is 0 Å². The molecule has 0 bridgehead atoms. The lowest BCUT2D eigenvalue weighted by molar-refractivity contribution is 0.0475. The van der Waals surface area contributed by atoms with Gasteiger partial charge >= 0.3 is 11.9 Å². The fourth-order valence-electron chi connectivity index (χ4n) is 1.49. The van der Waals surface area contributed by atoms with Gasteiger partial charge in [0.05, 0.1) is 6.61 Å². The smallest absolute Gasteiger partial charge is 0.396 e. The quantitative estimate of drug-likeness (QED) is 0.615. The van der Waals surface area contributed by atoms with Gasteiger partial charge in [-0.05, 0) is 31.7 Å². The lowest BCUT2D eigenvalue weighted by Gasteiger charge is -2.06. The zero-order chi connectivity index (χ0) is 15.4. The largest absolute Gasteiger partial charge is 0.459 e. The minimum Gasteiger partial charge on any atom is -0.459 e. The Labute approximate surface area is 126 Å². The number of rotatable bonds is 5. The third-order valence-corrected chi connectivity index (χ3v) is 3.17. The predicted molar refractivity (Wildman–Crippen MR) is 75.2 cm³/mol. The summed E-state index contributed by atoms with van der Waals surface area (Å²) in [6, 6.07) is 1.82. The molecule has 0 saturated carbocycles. The van der Waals surface area contributed by atoms with Gasteiger partial charge in [0.15, 0.2) is 0 Å². The molecule has 0 aromatic carbocycles. The van der Waals surface area contributed by atoms with Crippen molar-refractivity contribution in [3.8, 4) is 0 Å². The number of carbonyl (C=O) groups is 1. The van der Waals surface area contributed by atoms with Crippen LogP contribution in [0.1, 0.15) is 48.9 Å². The maximum absolute atomic E-state index is 11.5. The Hall–Kier alpha value is -1.96. The molecule has 0 N–H and O–H groups in total. The number of ether oxygens (including phenoxy) is 1. The minimum absolute atomic E-state index is 0.158. The Kier molecular flexibility index (Phi) is 4.89. The number of carbonyl (C=O) groups excluding carboxylic acids is 1. The minimum atomic E-state index is -0.626. The van der Waals surface area contributed by atoms with Gasteiger partial charge in [0.25, 0.3) is 5.22 Å². The molecule has 112 valence electrons. The fourth-order valence-corrected chi connectivity index (χ4v) is 2.24. The maximum Gasteiger partial charge on any atom is 0.396 e. The predicted octanol–water partition coefficient (Wildman–Crippen LogP) is 2.62. The Morgan fingerprint density at radius 2 is 2.14 bits per heavy atom. The van der Waals surface area contributed by atoms with E-state index in [2.05, 4.69) is 20.2 Å². The molecule has 0 aliphatic rings. The third-order valence-electron chi connectivity index (χ3n) is 2.41. The van der Waals surface area contributed by atoms with Gasteiger partial charge in [0, 0.05) is 11.6 Å². The summed E-state index contributed by atoms with van der Waals surface area (Å²) in [5.41, 5.74) is 0.862. The number of nitrogens with zero attached hydrogens (tertiary/aromatic N) is 4. The Bertz CT molecular complexity index is 642. The highest BCUT2D eigenvalue weighted by atomic mass is 32.2. The van der Waals surface area contributed by atoms with E-state index in [9.17, 15) is 4.79 Å². The first-order valence-electron chi connectivity index (χ1n) is 6.53.